The number of pyridine rings is 1. The van der Waals surface area contributed by atoms with E-state index in [2.05, 4.69) is 43.3 Å². The molecule has 0 aliphatic heterocycles. The van der Waals surface area contributed by atoms with Gasteiger partial charge in [0, 0.05) is 18.3 Å². The van der Waals surface area contributed by atoms with Gasteiger partial charge in [0.2, 0.25) is 0 Å². The third-order valence-electron chi connectivity index (χ3n) is 3.69. The molecule has 1 aromatic rings. The molecule has 0 bridgehead atoms. The fraction of sp³-hybridized carbons (Fsp3) is 0.615. The number of anilines is 1. The van der Waals surface area contributed by atoms with E-state index < -0.39 is 0 Å². The van der Waals surface area contributed by atoms with Gasteiger partial charge < -0.3 is 10.6 Å². The Kier molecular flexibility index (Phi) is 3.92. The van der Waals surface area contributed by atoms with Gasteiger partial charge in [-0.25, -0.2) is 4.98 Å². The second-order valence-corrected chi connectivity index (χ2v) is 5.33. The molecule has 0 aliphatic carbocycles. The molecule has 0 atom stereocenters. The summed E-state index contributed by atoms with van der Waals surface area (Å²) in [5, 5.41) is 6.73. The molecule has 0 aromatic carbocycles. The van der Waals surface area contributed by atoms with Crippen molar-refractivity contribution in [2.24, 2.45) is 5.41 Å². The first-order valence-corrected chi connectivity index (χ1v) is 5.73. The number of nitrogens with one attached hydrogen (secondary N) is 2. The zero-order valence-electron chi connectivity index (χ0n) is 11.0. The van der Waals surface area contributed by atoms with Crippen molar-refractivity contribution >= 4 is 5.82 Å². The fourth-order valence-electron chi connectivity index (χ4n) is 1.34. The Balaban J connectivity index is 2.61. The predicted molar refractivity (Wildman–Crippen MR) is 69.6 cm³/mol. The minimum Gasteiger partial charge on any atom is -0.369 e. The lowest BCUT2D eigenvalue weighted by molar-refractivity contribution is 0.180. The van der Waals surface area contributed by atoms with Gasteiger partial charge in [-0.1, -0.05) is 19.9 Å². The van der Waals surface area contributed by atoms with Crippen molar-refractivity contribution in [3.63, 3.8) is 0 Å². The van der Waals surface area contributed by atoms with E-state index in [4.69, 9.17) is 0 Å². The van der Waals surface area contributed by atoms with Gasteiger partial charge in [0.1, 0.15) is 5.82 Å². The summed E-state index contributed by atoms with van der Waals surface area (Å²) >= 11 is 0. The van der Waals surface area contributed by atoms with Crippen LogP contribution >= 0.6 is 0 Å². The van der Waals surface area contributed by atoms with Crippen molar-refractivity contribution in [3.8, 4) is 0 Å². The molecule has 0 saturated heterocycles. The molecule has 0 aliphatic rings. The van der Waals surface area contributed by atoms with Crippen molar-refractivity contribution < 1.29 is 0 Å². The van der Waals surface area contributed by atoms with Crippen LogP contribution in [0, 0.1) is 5.41 Å². The second-order valence-electron chi connectivity index (χ2n) is 5.33. The van der Waals surface area contributed by atoms with Crippen LogP contribution in [0.5, 0.6) is 0 Å². The number of nitrogens with zero attached hydrogens (tertiary/aromatic N) is 1. The van der Waals surface area contributed by atoms with Crippen LogP contribution in [0.3, 0.4) is 0 Å². The minimum absolute atomic E-state index is 0.0782. The standard InChI is InChI=1S/C13H23N3/c1-12(2,13(3,4)14-5)10-16-11-8-6-7-9-15-11/h6-9,14H,10H2,1-5H3,(H,15,16). The first-order chi connectivity index (χ1) is 7.39. The van der Waals surface area contributed by atoms with Crippen LogP contribution in [-0.2, 0) is 0 Å². The number of hydrogen-bond donors (Lipinski definition) is 2. The fourth-order valence-corrected chi connectivity index (χ4v) is 1.34. The molecular weight excluding hydrogens is 198 g/mol. The highest BCUT2D eigenvalue weighted by atomic mass is 15.0. The molecule has 90 valence electrons. The maximum Gasteiger partial charge on any atom is 0.125 e. The Morgan fingerprint density at radius 2 is 1.88 bits per heavy atom. The highest BCUT2D eigenvalue weighted by Gasteiger charge is 2.35. The molecule has 0 amide bonds. The first-order valence-electron chi connectivity index (χ1n) is 5.73. The number of rotatable bonds is 5. The maximum absolute atomic E-state index is 4.26. The summed E-state index contributed by atoms with van der Waals surface area (Å²) in [5.74, 6) is 0.933. The largest absolute Gasteiger partial charge is 0.369 e. The lowest BCUT2D eigenvalue weighted by atomic mass is 9.74. The van der Waals surface area contributed by atoms with Gasteiger partial charge >= 0.3 is 0 Å². The molecule has 0 fully saturated rings. The molecule has 16 heavy (non-hydrogen) atoms. The van der Waals surface area contributed by atoms with E-state index in [9.17, 15) is 0 Å². The van der Waals surface area contributed by atoms with Crippen LogP contribution in [0.1, 0.15) is 27.7 Å². The van der Waals surface area contributed by atoms with E-state index in [1.54, 1.807) is 6.20 Å². The van der Waals surface area contributed by atoms with Gasteiger partial charge in [-0.3, -0.25) is 0 Å². The van der Waals surface area contributed by atoms with Crippen LogP contribution in [-0.4, -0.2) is 24.1 Å². The summed E-state index contributed by atoms with van der Waals surface area (Å²) in [6.07, 6.45) is 1.80. The van der Waals surface area contributed by atoms with Crippen LogP contribution in [0.25, 0.3) is 0 Å². The minimum atomic E-state index is 0.0782. The Morgan fingerprint density at radius 3 is 2.38 bits per heavy atom. The third-order valence-corrected chi connectivity index (χ3v) is 3.69. The Bertz CT molecular complexity index is 317. The average molecular weight is 221 g/mol. The van der Waals surface area contributed by atoms with Gasteiger partial charge in [-0.15, -0.1) is 0 Å². The summed E-state index contributed by atoms with van der Waals surface area (Å²) < 4.78 is 0. The smallest absolute Gasteiger partial charge is 0.125 e. The van der Waals surface area contributed by atoms with Crippen molar-refractivity contribution in [1.29, 1.82) is 0 Å². The Morgan fingerprint density at radius 1 is 1.19 bits per heavy atom. The molecule has 2 N–H and O–H groups in total. The van der Waals surface area contributed by atoms with E-state index >= 15 is 0 Å². The van der Waals surface area contributed by atoms with Crippen molar-refractivity contribution in [2.75, 3.05) is 18.9 Å². The highest BCUT2D eigenvalue weighted by molar-refractivity contribution is 5.33. The predicted octanol–water partition coefficient (Wildman–Crippen LogP) is 2.52. The number of hydrogen-bond acceptors (Lipinski definition) is 3. The van der Waals surface area contributed by atoms with Gasteiger partial charge in [0.15, 0.2) is 0 Å². The van der Waals surface area contributed by atoms with Crippen molar-refractivity contribution in [1.82, 2.24) is 10.3 Å². The lowest BCUT2D eigenvalue weighted by Crippen LogP contribution is -2.52. The quantitative estimate of drug-likeness (QED) is 0.802. The Labute approximate surface area is 98.7 Å². The van der Waals surface area contributed by atoms with Gasteiger partial charge in [-0.2, -0.15) is 0 Å². The van der Waals surface area contributed by atoms with Crippen molar-refractivity contribution in [3.05, 3.63) is 24.4 Å². The molecule has 1 heterocycles. The van der Waals surface area contributed by atoms with E-state index in [0.717, 1.165) is 12.4 Å². The lowest BCUT2D eigenvalue weighted by Gasteiger charge is -2.41. The summed E-state index contributed by atoms with van der Waals surface area (Å²) in [5.41, 5.74) is 0.216. The van der Waals surface area contributed by atoms with E-state index in [-0.39, 0.29) is 11.0 Å². The molecule has 3 nitrogen and oxygen atoms in total. The molecule has 0 spiro atoms. The summed E-state index contributed by atoms with van der Waals surface area (Å²) in [6, 6.07) is 5.90. The van der Waals surface area contributed by atoms with Crippen molar-refractivity contribution in [2.45, 2.75) is 33.2 Å². The molecule has 0 saturated carbocycles. The summed E-state index contributed by atoms with van der Waals surface area (Å²) in [7, 11) is 2.00. The topological polar surface area (TPSA) is 37.0 Å². The molecule has 0 radical (unpaired) electrons. The molecule has 1 aromatic heterocycles. The zero-order valence-corrected chi connectivity index (χ0v) is 11.0. The monoisotopic (exact) mass is 221 g/mol. The summed E-state index contributed by atoms with van der Waals surface area (Å²) in [4.78, 5) is 4.26. The zero-order chi connectivity index (χ0) is 12.2. The molecule has 3 heteroatoms. The van der Waals surface area contributed by atoms with E-state index in [0.29, 0.717) is 0 Å². The van der Waals surface area contributed by atoms with Crippen LogP contribution in [0.2, 0.25) is 0 Å². The third kappa shape index (κ3) is 2.95. The Hall–Kier alpha value is -1.09. The maximum atomic E-state index is 4.26. The van der Waals surface area contributed by atoms with Gasteiger partial charge in [0.05, 0.1) is 0 Å². The van der Waals surface area contributed by atoms with Crippen LogP contribution in [0.15, 0.2) is 24.4 Å². The molecular formula is C13H23N3. The van der Waals surface area contributed by atoms with Gasteiger partial charge in [-0.05, 0) is 38.4 Å². The van der Waals surface area contributed by atoms with Crippen LogP contribution in [0.4, 0.5) is 5.82 Å². The van der Waals surface area contributed by atoms with E-state index in [1.165, 1.54) is 0 Å². The molecule has 1 rings (SSSR count). The number of aromatic nitrogens is 1. The first kappa shape index (κ1) is 13.0. The normalized spacial score (nSPS) is 12.6. The SMILES string of the molecule is CNC(C)(C)C(C)(C)CNc1ccccn1. The second kappa shape index (κ2) is 4.83. The average Bonchev–Trinajstić information content (AvgIpc) is 2.27. The van der Waals surface area contributed by atoms with Gasteiger partial charge in [0.25, 0.3) is 0 Å². The van der Waals surface area contributed by atoms with Crippen LogP contribution < -0.4 is 10.6 Å². The highest BCUT2D eigenvalue weighted by Crippen LogP contribution is 2.30. The summed E-state index contributed by atoms with van der Waals surface area (Å²) in [6.45, 7) is 9.82. The van der Waals surface area contributed by atoms with E-state index in [1.807, 2.05) is 25.2 Å². The molecule has 0 unspecified atom stereocenters.